The number of sulfonamides is 1. The number of benzene rings is 1. The van der Waals surface area contributed by atoms with Crippen LogP contribution in [0.2, 0.25) is 0 Å². The third-order valence-corrected chi connectivity index (χ3v) is 6.45. The zero-order valence-corrected chi connectivity index (χ0v) is 14.2. The molecule has 0 bridgehead atoms. The van der Waals surface area contributed by atoms with E-state index in [1.54, 1.807) is 60.1 Å². The van der Waals surface area contributed by atoms with Crippen LogP contribution in [0.5, 0.6) is 0 Å². The maximum Gasteiger partial charge on any atom is 0.279 e. The van der Waals surface area contributed by atoms with Gasteiger partial charge in [0.25, 0.3) is 10.0 Å². The summed E-state index contributed by atoms with van der Waals surface area (Å²) in [5.41, 5.74) is 0.755. The predicted molar refractivity (Wildman–Crippen MR) is 92.4 cm³/mol. The molecule has 3 heterocycles. The highest BCUT2D eigenvalue weighted by molar-refractivity contribution is 7.89. The molecule has 1 aliphatic heterocycles. The number of nitrogens with zero attached hydrogens (tertiary/aromatic N) is 2. The summed E-state index contributed by atoms with van der Waals surface area (Å²) < 4.78 is 32.7. The van der Waals surface area contributed by atoms with E-state index in [9.17, 15) is 8.42 Å². The summed E-state index contributed by atoms with van der Waals surface area (Å²) in [5.74, 6) is 0.588. The summed E-state index contributed by atoms with van der Waals surface area (Å²) in [7, 11) is -3.75. The molecule has 7 heteroatoms. The minimum Gasteiger partial charge on any atom is -0.467 e. The minimum absolute atomic E-state index is 0.220. The van der Waals surface area contributed by atoms with Crippen molar-refractivity contribution in [1.82, 2.24) is 4.41 Å². The molecule has 0 saturated heterocycles. The zero-order valence-electron chi connectivity index (χ0n) is 12.6. The van der Waals surface area contributed by atoms with Gasteiger partial charge in [0.05, 0.1) is 21.7 Å². The van der Waals surface area contributed by atoms with Gasteiger partial charge in [-0.3, -0.25) is 0 Å². The Balaban J connectivity index is 1.80. The van der Waals surface area contributed by atoms with Gasteiger partial charge in [-0.05, 0) is 35.7 Å². The van der Waals surface area contributed by atoms with Gasteiger partial charge in [0.15, 0.2) is 0 Å². The highest BCUT2D eigenvalue weighted by atomic mass is 32.2. The summed E-state index contributed by atoms with van der Waals surface area (Å²) >= 11 is 1.55. The highest BCUT2D eigenvalue weighted by Gasteiger charge is 2.39. The van der Waals surface area contributed by atoms with Gasteiger partial charge in [0, 0.05) is 6.42 Å². The Morgan fingerprint density at radius 2 is 1.92 bits per heavy atom. The van der Waals surface area contributed by atoms with Gasteiger partial charge in [0.1, 0.15) is 11.8 Å². The van der Waals surface area contributed by atoms with E-state index in [-0.39, 0.29) is 4.90 Å². The Morgan fingerprint density at radius 3 is 2.58 bits per heavy atom. The molecule has 0 saturated carbocycles. The van der Waals surface area contributed by atoms with Gasteiger partial charge < -0.3 is 4.42 Å². The van der Waals surface area contributed by atoms with Gasteiger partial charge in [-0.25, -0.2) is 0 Å². The lowest BCUT2D eigenvalue weighted by molar-refractivity contribution is 0.320. The fourth-order valence-electron chi connectivity index (χ4n) is 2.70. The van der Waals surface area contributed by atoms with Gasteiger partial charge in [-0.1, -0.05) is 24.3 Å². The topological polar surface area (TPSA) is 62.9 Å². The lowest BCUT2D eigenvalue weighted by Crippen LogP contribution is -2.27. The van der Waals surface area contributed by atoms with E-state index in [2.05, 4.69) is 5.10 Å². The highest BCUT2D eigenvalue weighted by Crippen LogP contribution is 2.37. The Kier molecular flexibility index (Phi) is 3.74. The molecule has 0 fully saturated rings. The third-order valence-electron chi connectivity index (χ3n) is 3.84. The average Bonchev–Trinajstić information content (AvgIpc) is 3.34. The van der Waals surface area contributed by atoms with Gasteiger partial charge >= 0.3 is 0 Å². The van der Waals surface area contributed by atoms with E-state index in [4.69, 9.17) is 4.42 Å². The second kappa shape index (κ2) is 5.92. The average molecular weight is 358 g/mol. The second-order valence-electron chi connectivity index (χ2n) is 5.35. The summed E-state index contributed by atoms with van der Waals surface area (Å²) in [6.07, 6.45) is 2.03. The standard InChI is InChI=1S/C17H14N2O3S2/c20-24(21,13-6-2-1-3-7-13)19-15(16-8-4-10-22-16)12-14(18-19)17-9-5-11-23-17/h1-11,15H,12H2. The fourth-order valence-corrected chi connectivity index (χ4v) is 4.85. The van der Waals surface area contributed by atoms with Crippen LogP contribution in [0.25, 0.3) is 0 Å². The third kappa shape index (κ3) is 2.55. The Labute approximate surface area is 143 Å². The number of furan rings is 1. The second-order valence-corrected chi connectivity index (χ2v) is 8.09. The summed E-state index contributed by atoms with van der Waals surface area (Å²) in [6.45, 7) is 0. The van der Waals surface area contributed by atoms with Crippen LogP contribution in [-0.4, -0.2) is 18.5 Å². The maximum absolute atomic E-state index is 13.0. The van der Waals surface area contributed by atoms with Crippen LogP contribution in [-0.2, 0) is 10.0 Å². The van der Waals surface area contributed by atoms with Gasteiger partial charge in [-0.15, -0.1) is 11.3 Å². The van der Waals surface area contributed by atoms with Crippen molar-refractivity contribution >= 4 is 27.1 Å². The van der Waals surface area contributed by atoms with Crippen molar-refractivity contribution < 1.29 is 12.8 Å². The van der Waals surface area contributed by atoms with Crippen LogP contribution in [0.4, 0.5) is 0 Å². The molecule has 0 N–H and O–H groups in total. The lowest BCUT2D eigenvalue weighted by atomic mass is 10.1. The smallest absolute Gasteiger partial charge is 0.279 e. The first-order valence-corrected chi connectivity index (χ1v) is 9.72. The summed E-state index contributed by atoms with van der Waals surface area (Å²) in [4.78, 5) is 1.19. The molecule has 4 rings (SSSR count). The lowest BCUT2D eigenvalue weighted by Gasteiger charge is -2.21. The first kappa shape index (κ1) is 15.2. The van der Waals surface area contributed by atoms with E-state index in [1.165, 1.54) is 4.41 Å². The molecule has 1 aliphatic rings. The molecule has 0 radical (unpaired) electrons. The molecule has 5 nitrogen and oxygen atoms in total. The van der Waals surface area contributed by atoms with Crippen LogP contribution in [0.3, 0.4) is 0 Å². The van der Waals surface area contributed by atoms with E-state index in [0.717, 1.165) is 10.6 Å². The van der Waals surface area contributed by atoms with Crippen molar-refractivity contribution in [3.8, 4) is 0 Å². The van der Waals surface area contributed by atoms with Crippen molar-refractivity contribution in [3.05, 3.63) is 76.9 Å². The number of hydrazone groups is 1. The molecule has 2 aromatic heterocycles. The number of hydrogen-bond donors (Lipinski definition) is 0. The normalized spacial score (nSPS) is 17.9. The largest absolute Gasteiger partial charge is 0.467 e. The first-order chi connectivity index (χ1) is 11.7. The minimum atomic E-state index is -3.75. The number of thiophene rings is 1. The Hall–Kier alpha value is -2.38. The SMILES string of the molecule is O=S(=O)(c1ccccc1)N1N=C(c2cccs2)CC1c1ccco1. The van der Waals surface area contributed by atoms with Crippen molar-refractivity contribution in [3.63, 3.8) is 0 Å². The van der Waals surface area contributed by atoms with E-state index < -0.39 is 16.1 Å². The zero-order chi connectivity index (χ0) is 16.6. The molecule has 0 amide bonds. The Bertz CT molecular complexity index is 947. The maximum atomic E-state index is 13.0. The quantitative estimate of drug-likeness (QED) is 0.711. The number of rotatable bonds is 4. The summed E-state index contributed by atoms with van der Waals surface area (Å²) in [5, 5.41) is 6.38. The Morgan fingerprint density at radius 1 is 1.08 bits per heavy atom. The van der Waals surface area contributed by atoms with Crippen LogP contribution in [0, 0.1) is 0 Å². The molecular weight excluding hydrogens is 344 g/mol. The van der Waals surface area contributed by atoms with Crippen LogP contribution >= 0.6 is 11.3 Å². The van der Waals surface area contributed by atoms with Crippen molar-refractivity contribution in [2.45, 2.75) is 17.4 Å². The molecule has 0 aliphatic carbocycles. The van der Waals surface area contributed by atoms with Crippen LogP contribution < -0.4 is 0 Å². The number of hydrogen-bond acceptors (Lipinski definition) is 5. The molecule has 1 unspecified atom stereocenters. The van der Waals surface area contributed by atoms with E-state index >= 15 is 0 Å². The van der Waals surface area contributed by atoms with Crippen LogP contribution in [0.1, 0.15) is 23.1 Å². The van der Waals surface area contributed by atoms with Crippen molar-refractivity contribution in [2.24, 2.45) is 5.10 Å². The molecule has 1 aromatic carbocycles. The molecule has 122 valence electrons. The summed E-state index contributed by atoms with van der Waals surface area (Å²) in [6, 6.07) is 15.3. The molecule has 1 atom stereocenters. The van der Waals surface area contributed by atoms with E-state index in [1.807, 2.05) is 17.5 Å². The van der Waals surface area contributed by atoms with Crippen molar-refractivity contribution in [1.29, 1.82) is 0 Å². The van der Waals surface area contributed by atoms with Crippen LogP contribution in [0.15, 0.2) is 80.7 Å². The molecule has 3 aromatic rings. The van der Waals surface area contributed by atoms with Gasteiger partial charge in [0.2, 0.25) is 0 Å². The molecule has 0 spiro atoms. The molecular formula is C17H14N2O3S2. The first-order valence-electron chi connectivity index (χ1n) is 7.40. The molecule has 24 heavy (non-hydrogen) atoms. The van der Waals surface area contributed by atoms with E-state index in [0.29, 0.717) is 12.2 Å². The monoisotopic (exact) mass is 358 g/mol. The van der Waals surface area contributed by atoms with Gasteiger partial charge in [-0.2, -0.15) is 17.9 Å². The predicted octanol–water partition coefficient (Wildman–Crippen LogP) is 3.88. The van der Waals surface area contributed by atoms with Crippen molar-refractivity contribution in [2.75, 3.05) is 0 Å². The fraction of sp³-hybridized carbons (Fsp3) is 0.118.